The molecule has 2 aromatic carbocycles. The van der Waals surface area contributed by atoms with Crippen molar-refractivity contribution >= 4 is 23.3 Å². The molecule has 0 radical (unpaired) electrons. The number of anilines is 1. The summed E-state index contributed by atoms with van der Waals surface area (Å²) in [5.74, 6) is -1.26. The first-order valence-electron chi connectivity index (χ1n) is 7.99. The Balaban J connectivity index is 2.06. The molecule has 0 aliphatic heterocycles. The minimum absolute atomic E-state index is 0.0747. The second kappa shape index (κ2) is 7.77. The predicted octanol–water partition coefficient (Wildman–Crippen LogP) is 3.62. The first kappa shape index (κ1) is 19.1. The number of hydrogen-bond acceptors (Lipinski definition) is 5. The molecule has 136 valence electrons. The fourth-order valence-electron chi connectivity index (χ4n) is 2.49. The van der Waals surface area contributed by atoms with E-state index in [2.05, 4.69) is 5.32 Å². The highest BCUT2D eigenvalue weighted by Gasteiger charge is 2.19. The largest absolute Gasteiger partial charge is 0.452 e. The Kier molecular flexibility index (Phi) is 5.71. The summed E-state index contributed by atoms with van der Waals surface area (Å²) in [6.45, 7) is 6.69. The first-order chi connectivity index (χ1) is 12.2. The second-order valence-corrected chi connectivity index (χ2v) is 6.15. The van der Waals surface area contributed by atoms with Crippen molar-refractivity contribution in [3.63, 3.8) is 0 Å². The summed E-state index contributed by atoms with van der Waals surface area (Å²) in [5, 5.41) is 13.6. The number of nitro groups is 1. The van der Waals surface area contributed by atoms with E-state index in [1.54, 1.807) is 32.9 Å². The normalized spacial score (nSPS) is 10.3. The zero-order valence-electron chi connectivity index (χ0n) is 15.1. The quantitative estimate of drug-likeness (QED) is 0.501. The van der Waals surface area contributed by atoms with Crippen molar-refractivity contribution in [1.29, 1.82) is 0 Å². The lowest BCUT2D eigenvalue weighted by atomic mass is 10.1. The van der Waals surface area contributed by atoms with Gasteiger partial charge in [-0.05, 0) is 56.5 Å². The van der Waals surface area contributed by atoms with Gasteiger partial charge in [-0.2, -0.15) is 0 Å². The topological polar surface area (TPSA) is 98.5 Å². The SMILES string of the molecule is Cc1ccc(C(=O)OCC(=O)Nc2cc(C)c(C)cc2[N+](=O)[O-])c(C)c1. The molecule has 26 heavy (non-hydrogen) atoms. The smallest absolute Gasteiger partial charge is 0.338 e. The summed E-state index contributed by atoms with van der Waals surface area (Å²) in [5.41, 5.74) is 3.56. The third-order valence-corrected chi connectivity index (χ3v) is 4.02. The van der Waals surface area contributed by atoms with E-state index >= 15 is 0 Å². The van der Waals surface area contributed by atoms with Gasteiger partial charge in [0.1, 0.15) is 5.69 Å². The van der Waals surface area contributed by atoms with E-state index in [-0.39, 0.29) is 11.4 Å². The van der Waals surface area contributed by atoms with Crippen LogP contribution in [0.5, 0.6) is 0 Å². The molecule has 0 saturated carbocycles. The number of aryl methyl sites for hydroxylation is 4. The molecule has 1 N–H and O–H groups in total. The molecule has 0 fully saturated rings. The summed E-state index contributed by atoms with van der Waals surface area (Å²) in [6.07, 6.45) is 0. The van der Waals surface area contributed by atoms with Crippen LogP contribution in [0.1, 0.15) is 32.6 Å². The molecule has 7 nitrogen and oxygen atoms in total. The van der Waals surface area contributed by atoms with Crippen molar-refractivity contribution in [3.05, 3.63) is 68.3 Å². The van der Waals surface area contributed by atoms with Crippen LogP contribution in [0.2, 0.25) is 0 Å². The summed E-state index contributed by atoms with van der Waals surface area (Å²) < 4.78 is 5.02. The van der Waals surface area contributed by atoms with Crippen LogP contribution in [0.25, 0.3) is 0 Å². The van der Waals surface area contributed by atoms with Crippen molar-refractivity contribution in [2.24, 2.45) is 0 Å². The number of carbonyl (C=O) groups excluding carboxylic acids is 2. The minimum atomic E-state index is -0.644. The van der Waals surface area contributed by atoms with Gasteiger partial charge in [-0.3, -0.25) is 14.9 Å². The third-order valence-electron chi connectivity index (χ3n) is 4.02. The van der Waals surface area contributed by atoms with Crippen LogP contribution in [0.4, 0.5) is 11.4 Å². The van der Waals surface area contributed by atoms with Gasteiger partial charge in [-0.1, -0.05) is 17.7 Å². The van der Waals surface area contributed by atoms with E-state index in [4.69, 9.17) is 4.74 Å². The van der Waals surface area contributed by atoms with Crippen LogP contribution in [0.15, 0.2) is 30.3 Å². The molecule has 2 rings (SSSR count). The molecule has 0 aliphatic rings. The van der Waals surface area contributed by atoms with Crippen molar-refractivity contribution < 1.29 is 19.2 Å². The lowest BCUT2D eigenvalue weighted by Crippen LogP contribution is -2.22. The molecule has 7 heteroatoms. The molecule has 0 aliphatic carbocycles. The van der Waals surface area contributed by atoms with Crippen molar-refractivity contribution in [2.75, 3.05) is 11.9 Å². The van der Waals surface area contributed by atoms with Gasteiger partial charge in [0.05, 0.1) is 10.5 Å². The predicted molar refractivity (Wildman–Crippen MR) is 97.4 cm³/mol. The Bertz CT molecular complexity index is 890. The number of hydrogen-bond donors (Lipinski definition) is 1. The summed E-state index contributed by atoms with van der Waals surface area (Å²) >= 11 is 0. The maximum absolute atomic E-state index is 12.1. The zero-order chi connectivity index (χ0) is 19.4. The number of esters is 1. The van der Waals surface area contributed by atoms with E-state index in [1.165, 1.54) is 12.1 Å². The van der Waals surface area contributed by atoms with E-state index in [0.29, 0.717) is 5.56 Å². The lowest BCUT2D eigenvalue weighted by Gasteiger charge is -2.10. The maximum atomic E-state index is 12.1. The van der Waals surface area contributed by atoms with E-state index < -0.39 is 23.4 Å². The van der Waals surface area contributed by atoms with Gasteiger partial charge in [-0.25, -0.2) is 4.79 Å². The molecule has 2 aromatic rings. The fourth-order valence-corrected chi connectivity index (χ4v) is 2.49. The third kappa shape index (κ3) is 4.44. The van der Waals surface area contributed by atoms with Crippen LogP contribution in [-0.4, -0.2) is 23.4 Å². The molecule has 0 unspecified atom stereocenters. The Morgan fingerprint density at radius 3 is 2.31 bits per heavy atom. The van der Waals surface area contributed by atoms with Gasteiger partial charge in [0.15, 0.2) is 6.61 Å². The average molecular weight is 356 g/mol. The van der Waals surface area contributed by atoms with Crippen molar-refractivity contribution in [2.45, 2.75) is 27.7 Å². The fraction of sp³-hybridized carbons (Fsp3) is 0.263. The molecule has 0 atom stereocenters. The van der Waals surface area contributed by atoms with Crippen LogP contribution in [-0.2, 0) is 9.53 Å². The van der Waals surface area contributed by atoms with Gasteiger partial charge in [0.25, 0.3) is 11.6 Å². The van der Waals surface area contributed by atoms with Crippen LogP contribution in [0, 0.1) is 37.8 Å². The highest BCUT2D eigenvalue weighted by molar-refractivity contribution is 5.97. The van der Waals surface area contributed by atoms with Crippen LogP contribution >= 0.6 is 0 Å². The number of carbonyl (C=O) groups is 2. The van der Waals surface area contributed by atoms with Crippen molar-refractivity contribution in [3.8, 4) is 0 Å². The molecule has 0 heterocycles. The molecule has 1 amide bonds. The van der Waals surface area contributed by atoms with Gasteiger partial charge >= 0.3 is 5.97 Å². The number of nitro benzene ring substituents is 1. The number of nitrogens with one attached hydrogen (secondary N) is 1. The molecule has 0 spiro atoms. The van der Waals surface area contributed by atoms with Gasteiger partial charge in [0, 0.05) is 6.07 Å². The lowest BCUT2D eigenvalue weighted by molar-refractivity contribution is -0.384. The second-order valence-electron chi connectivity index (χ2n) is 6.15. The highest BCUT2D eigenvalue weighted by Crippen LogP contribution is 2.27. The van der Waals surface area contributed by atoms with Gasteiger partial charge in [-0.15, -0.1) is 0 Å². The average Bonchev–Trinajstić information content (AvgIpc) is 2.55. The molecule has 0 saturated heterocycles. The Morgan fingerprint density at radius 2 is 1.69 bits per heavy atom. The Morgan fingerprint density at radius 1 is 1.04 bits per heavy atom. The van der Waals surface area contributed by atoms with Crippen LogP contribution in [0.3, 0.4) is 0 Å². The van der Waals surface area contributed by atoms with Crippen molar-refractivity contribution in [1.82, 2.24) is 0 Å². The summed E-state index contributed by atoms with van der Waals surface area (Å²) in [7, 11) is 0. The minimum Gasteiger partial charge on any atom is -0.452 e. The number of amides is 1. The molecular weight excluding hydrogens is 336 g/mol. The summed E-state index contributed by atoms with van der Waals surface area (Å²) in [6, 6.07) is 8.18. The summed E-state index contributed by atoms with van der Waals surface area (Å²) in [4.78, 5) is 34.7. The van der Waals surface area contributed by atoms with E-state index in [1.807, 2.05) is 13.0 Å². The standard InChI is InChI=1S/C19H20N2O5/c1-11-5-6-15(14(4)7-11)19(23)26-10-18(22)20-16-8-12(2)13(3)9-17(16)21(24)25/h5-9H,10H2,1-4H3,(H,20,22). The maximum Gasteiger partial charge on any atom is 0.338 e. The van der Waals surface area contributed by atoms with E-state index in [0.717, 1.165) is 22.3 Å². The Labute approximate surface area is 151 Å². The van der Waals surface area contributed by atoms with Gasteiger partial charge < -0.3 is 10.1 Å². The number of nitrogens with zero attached hydrogens (tertiary/aromatic N) is 1. The van der Waals surface area contributed by atoms with Crippen LogP contribution < -0.4 is 5.32 Å². The molecule has 0 aromatic heterocycles. The number of benzene rings is 2. The number of rotatable bonds is 5. The zero-order valence-corrected chi connectivity index (χ0v) is 15.1. The highest BCUT2D eigenvalue weighted by atomic mass is 16.6. The first-order valence-corrected chi connectivity index (χ1v) is 7.99. The molecular formula is C19H20N2O5. The monoisotopic (exact) mass is 356 g/mol. The number of ether oxygens (including phenoxy) is 1. The van der Waals surface area contributed by atoms with E-state index in [9.17, 15) is 19.7 Å². The van der Waals surface area contributed by atoms with Gasteiger partial charge in [0.2, 0.25) is 0 Å². The molecule has 0 bridgehead atoms. The Hall–Kier alpha value is -3.22.